The highest BCUT2D eigenvalue weighted by atomic mass is 32.1. The van der Waals surface area contributed by atoms with Gasteiger partial charge < -0.3 is 9.47 Å². The molecular formula is C20H15N3O4S. The summed E-state index contributed by atoms with van der Waals surface area (Å²) >= 11 is 1.55. The predicted molar refractivity (Wildman–Crippen MR) is 107 cm³/mol. The van der Waals surface area contributed by atoms with E-state index < -0.39 is 5.69 Å². The standard InChI is InChI=1S/C20H15N3O4S/c1-22-18-17(19(24)23(2)20(22)25)12(9-13(21-18)16-4-3-7-28-16)11-5-6-14-15(8-11)27-10-26-14/h3-9H,10H2,1-2H3. The molecule has 0 amide bonds. The van der Waals surface area contributed by atoms with E-state index in [0.29, 0.717) is 33.8 Å². The predicted octanol–water partition coefficient (Wildman–Crippen LogP) is 2.76. The lowest BCUT2D eigenvalue weighted by Gasteiger charge is -2.13. The number of aromatic nitrogens is 3. The largest absolute Gasteiger partial charge is 0.454 e. The van der Waals surface area contributed by atoms with Crippen molar-refractivity contribution >= 4 is 22.4 Å². The van der Waals surface area contributed by atoms with E-state index in [1.165, 1.54) is 11.6 Å². The zero-order chi connectivity index (χ0) is 19.4. The highest BCUT2D eigenvalue weighted by Crippen LogP contribution is 2.38. The molecule has 0 radical (unpaired) electrons. The summed E-state index contributed by atoms with van der Waals surface area (Å²) in [4.78, 5) is 31.0. The van der Waals surface area contributed by atoms with E-state index in [2.05, 4.69) is 4.98 Å². The van der Waals surface area contributed by atoms with Crippen molar-refractivity contribution in [2.75, 3.05) is 6.79 Å². The van der Waals surface area contributed by atoms with Gasteiger partial charge in [0.1, 0.15) is 0 Å². The molecule has 7 nitrogen and oxygen atoms in total. The summed E-state index contributed by atoms with van der Waals surface area (Å²) in [6, 6.07) is 11.3. The third-order valence-electron chi connectivity index (χ3n) is 4.87. The molecule has 0 unspecified atom stereocenters. The van der Waals surface area contributed by atoms with Crippen LogP contribution in [0.3, 0.4) is 0 Å². The fraction of sp³-hybridized carbons (Fsp3) is 0.150. The number of fused-ring (bicyclic) bond motifs is 2. The fourth-order valence-corrected chi connectivity index (χ4v) is 4.08. The van der Waals surface area contributed by atoms with Crippen molar-refractivity contribution in [2.24, 2.45) is 14.1 Å². The van der Waals surface area contributed by atoms with E-state index in [1.807, 2.05) is 41.8 Å². The molecule has 0 aliphatic carbocycles. The molecule has 28 heavy (non-hydrogen) atoms. The summed E-state index contributed by atoms with van der Waals surface area (Å²) in [6.07, 6.45) is 0. The van der Waals surface area contributed by atoms with E-state index in [4.69, 9.17) is 9.47 Å². The number of aryl methyl sites for hydroxylation is 1. The first-order chi connectivity index (χ1) is 13.5. The molecular weight excluding hydrogens is 378 g/mol. The molecule has 0 saturated carbocycles. The lowest BCUT2D eigenvalue weighted by molar-refractivity contribution is 0.174. The van der Waals surface area contributed by atoms with Gasteiger partial charge in [-0.2, -0.15) is 0 Å². The molecule has 0 atom stereocenters. The van der Waals surface area contributed by atoms with Gasteiger partial charge in [0.05, 0.1) is 16.0 Å². The fourth-order valence-electron chi connectivity index (χ4n) is 3.40. The minimum atomic E-state index is -0.412. The first kappa shape index (κ1) is 16.8. The van der Waals surface area contributed by atoms with Crippen molar-refractivity contribution in [3.05, 3.63) is 62.6 Å². The molecule has 4 aromatic rings. The number of hydrogen-bond acceptors (Lipinski definition) is 6. The molecule has 0 spiro atoms. The molecule has 3 aromatic heterocycles. The normalized spacial score (nSPS) is 12.6. The van der Waals surface area contributed by atoms with Gasteiger partial charge in [-0.25, -0.2) is 9.78 Å². The van der Waals surface area contributed by atoms with Crippen molar-refractivity contribution in [1.29, 1.82) is 0 Å². The summed E-state index contributed by atoms with van der Waals surface area (Å²) < 4.78 is 13.4. The van der Waals surface area contributed by atoms with Crippen LogP contribution in [0.5, 0.6) is 11.5 Å². The van der Waals surface area contributed by atoms with Crippen LogP contribution in [-0.4, -0.2) is 20.9 Å². The number of nitrogens with zero attached hydrogens (tertiary/aromatic N) is 3. The maximum absolute atomic E-state index is 13.0. The molecule has 0 fully saturated rings. The van der Waals surface area contributed by atoms with Crippen molar-refractivity contribution in [3.8, 4) is 33.2 Å². The lowest BCUT2D eigenvalue weighted by Crippen LogP contribution is -2.37. The highest BCUT2D eigenvalue weighted by molar-refractivity contribution is 7.13. The number of hydrogen-bond donors (Lipinski definition) is 0. The van der Waals surface area contributed by atoms with Crippen LogP contribution in [0.1, 0.15) is 0 Å². The van der Waals surface area contributed by atoms with E-state index in [1.54, 1.807) is 18.4 Å². The van der Waals surface area contributed by atoms with E-state index >= 15 is 0 Å². The third-order valence-corrected chi connectivity index (χ3v) is 5.76. The van der Waals surface area contributed by atoms with Gasteiger partial charge in [-0.05, 0) is 35.2 Å². The van der Waals surface area contributed by atoms with Gasteiger partial charge in [0.2, 0.25) is 6.79 Å². The van der Waals surface area contributed by atoms with Gasteiger partial charge in [-0.15, -0.1) is 11.3 Å². The van der Waals surface area contributed by atoms with E-state index in [0.717, 1.165) is 15.0 Å². The SMILES string of the molecule is Cn1c(=O)c2c(-c3ccc4c(c3)OCO4)cc(-c3cccs3)nc2n(C)c1=O. The second-order valence-corrected chi connectivity index (χ2v) is 7.45. The Labute approximate surface area is 163 Å². The Hall–Kier alpha value is -3.39. The minimum Gasteiger partial charge on any atom is -0.454 e. The average molecular weight is 393 g/mol. The van der Waals surface area contributed by atoms with Gasteiger partial charge in [-0.1, -0.05) is 12.1 Å². The second-order valence-electron chi connectivity index (χ2n) is 6.50. The number of thiophene rings is 1. The highest BCUT2D eigenvalue weighted by Gasteiger charge is 2.20. The zero-order valence-corrected chi connectivity index (χ0v) is 15.9. The van der Waals surface area contributed by atoms with Crippen LogP contribution in [0.15, 0.2) is 51.4 Å². The van der Waals surface area contributed by atoms with Crippen LogP contribution in [0, 0.1) is 0 Å². The first-order valence-corrected chi connectivity index (χ1v) is 9.47. The van der Waals surface area contributed by atoms with Crippen LogP contribution >= 0.6 is 11.3 Å². The average Bonchev–Trinajstić information content (AvgIpc) is 3.40. The number of pyridine rings is 1. The van der Waals surface area contributed by atoms with Crippen LogP contribution in [0.2, 0.25) is 0 Å². The van der Waals surface area contributed by atoms with Crippen molar-refractivity contribution in [2.45, 2.75) is 0 Å². The Morgan fingerprint density at radius 2 is 1.86 bits per heavy atom. The number of ether oxygens (including phenoxy) is 2. The lowest BCUT2D eigenvalue weighted by atomic mass is 10.0. The Kier molecular flexibility index (Phi) is 3.63. The van der Waals surface area contributed by atoms with Crippen molar-refractivity contribution in [3.63, 3.8) is 0 Å². The second kappa shape index (κ2) is 6.07. The van der Waals surface area contributed by atoms with E-state index in [9.17, 15) is 9.59 Å². The Morgan fingerprint density at radius 3 is 2.64 bits per heavy atom. The molecule has 140 valence electrons. The summed E-state index contributed by atoms with van der Waals surface area (Å²) in [5.74, 6) is 1.29. The number of rotatable bonds is 2. The Balaban J connectivity index is 1.91. The molecule has 1 aliphatic heterocycles. The first-order valence-electron chi connectivity index (χ1n) is 8.59. The van der Waals surface area contributed by atoms with Gasteiger partial charge >= 0.3 is 5.69 Å². The van der Waals surface area contributed by atoms with Crippen molar-refractivity contribution < 1.29 is 9.47 Å². The number of benzene rings is 1. The Morgan fingerprint density at radius 1 is 1.04 bits per heavy atom. The molecule has 0 N–H and O–H groups in total. The Bertz CT molecular complexity index is 1350. The molecule has 0 bridgehead atoms. The molecule has 0 saturated heterocycles. The third kappa shape index (κ3) is 2.38. The topological polar surface area (TPSA) is 75.3 Å². The smallest absolute Gasteiger partial charge is 0.332 e. The van der Waals surface area contributed by atoms with Crippen LogP contribution in [0.25, 0.3) is 32.7 Å². The zero-order valence-electron chi connectivity index (χ0n) is 15.1. The summed E-state index contributed by atoms with van der Waals surface area (Å²) in [6.45, 7) is 0.173. The summed E-state index contributed by atoms with van der Waals surface area (Å²) in [7, 11) is 3.10. The monoisotopic (exact) mass is 393 g/mol. The van der Waals surface area contributed by atoms with Crippen molar-refractivity contribution in [1.82, 2.24) is 14.1 Å². The molecule has 1 aliphatic rings. The maximum Gasteiger partial charge on any atom is 0.332 e. The van der Waals surface area contributed by atoms with Crippen LogP contribution < -0.4 is 20.7 Å². The molecule has 8 heteroatoms. The van der Waals surface area contributed by atoms with Gasteiger partial charge in [-0.3, -0.25) is 13.9 Å². The van der Waals surface area contributed by atoms with Gasteiger partial charge in [0.15, 0.2) is 17.1 Å². The van der Waals surface area contributed by atoms with Crippen LogP contribution in [0.4, 0.5) is 0 Å². The summed E-state index contributed by atoms with van der Waals surface area (Å²) in [5, 5.41) is 2.36. The molecule has 1 aromatic carbocycles. The van der Waals surface area contributed by atoms with Gasteiger partial charge in [0, 0.05) is 19.7 Å². The maximum atomic E-state index is 13.0. The van der Waals surface area contributed by atoms with Crippen LogP contribution in [-0.2, 0) is 14.1 Å². The van der Waals surface area contributed by atoms with E-state index in [-0.39, 0.29) is 12.4 Å². The summed E-state index contributed by atoms with van der Waals surface area (Å²) in [5.41, 5.74) is 1.76. The minimum absolute atomic E-state index is 0.173. The molecule has 5 rings (SSSR count). The quantitative estimate of drug-likeness (QED) is 0.524. The van der Waals surface area contributed by atoms with Gasteiger partial charge in [0.25, 0.3) is 5.56 Å². The molecule has 4 heterocycles.